The fourth-order valence-corrected chi connectivity index (χ4v) is 3.95. The second-order valence-corrected chi connectivity index (χ2v) is 7.70. The van der Waals surface area contributed by atoms with Crippen LogP contribution in [0.5, 0.6) is 11.5 Å². The van der Waals surface area contributed by atoms with E-state index < -0.39 is 0 Å². The van der Waals surface area contributed by atoms with Crippen molar-refractivity contribution < 1.29 is 14.3 Å². The van der Waals surface area contributed by atoms with Crippen LogP contribution < -0.4 is 14.8 Å². The monoisotopic (exact) mass is 433 g/mol. The van der Waals surface area contributed by atoms with Crippen LogP contribution in [0.3, 0.4) is 0 Å². The first-order chi connectivity index (χ1) is 15.2. The summed E-state index contributed by atoms with van der Waals surface area (Å²) in [5.41, 5.74) is 3.02. The zero-order chi connectivity index (χ0) is 21.6. The van der Waals surface area contributed by atoms with Crippen LogP contribution in [0, 0.1) is 0 Å². The predicted octanol–water partition coefficient (Wildman–Crippen LogP) is 4.94. The van der Waals surface area contributed by atoms with E-state index in [-0.39, 0.29) is 5.91 Å². The van der Waals surface area contributed by atoms with Crippen molar-refractivity contribution in [2.24, 2.45) is 0 Å². The van der Waals surface area contributed by atoms with Crippen molar-refractivity contribution in [1.82, 2.24) is 15.1 Å². The van der Waals surface area contributed by atoms with Gasteiger partial charge in [-0.25, -0.2) is 4.68 Å². The van der Waals surface area contributed by atoms with Gasteiger partial charge in [0.25, 0.3) is 5.91 Å². The molecule has 6 nitrogen and oxygen atoms in total. The molecular weight excluding hydrogens is 410 g/mol. The van der Waals surface area contributed by atoms with Crippen LogP contribution in [0.15, 0.2) is 72.2 Å². The van der Waals surface area contributed by atoms with Crippen molar-refractivity contribution in [1.29, 1.82) is 0 Å². The Hall–Kier alpha value is -3.58. The number of para-hydroxylation sites is 1. The molecule has 0 aliphatic rings. The maximum Gasteiger partial charge on any atom is 0.255 e. The Morgan fingerprint density at radius 2 is 1.94 bits per heavy atom. The van der Waals surface area contributed by atoms with E-state index in [0.717, 1.165) is 16.1 Å². The molecule has 0 atom stereocenters. The smallest absolute Gasteiger partial charge is 0.255 e. The van der Waals surface area contributed by atoms with Gasteiger partial charge in [-0.05, 0) is 48.2 Å². The molecule has 0 bridgehead atoms. The summed E-state index contributed by atoms with van der Waals surface area (Å²) in [7, 11) is 1.60. The second-order valence-electron chi connectivity index (χ2n) is 6.75. The van der Waals surface area contributed by atoms with Crippen molar-refractivity contribution >= 4 is 17.2 Å². The van der Waals surface area contributed by atoms with Crippen LogP contribution in [0.1, 0.15) is 22.8 Å². The molecule has 0 radical (unpaired) electrons. The van der Waals surface area contributed by atoms with Crippen molar-refractivity contribution in [3.05, 3.63) is 83.4 Å². The number of methoxy groups -OCH3 is 1. The molecule has 7 heteroatoms. The number of hydrogen-bond acceptors (Lipinski definition) is 5. The molecule has 1 amide bonds. The Bertz CT molecular complexity index is 1150. The molecule has 1 N–H and O–H groups in total. The summed E-state index contributed by atoms with van der Waals surface area (Å²) < 4.78 is 12.7. The number of thiophene rings is 1. The van der Waals surface area contributed by atoms with Gasteiger partial charge in [0, 0.05) is 12.7 Å². The number of nitrogens with zero attached hydrogens (tertiary/aromatic N) is 2. The van der Waals surface area contributed by atoms with Gasteiger partial charge < -0.3 is 14.8 Å². The molecule has 0 fully saturated rings. The van der Waals surface area contributed by atoms with Crippen molar-refractivity contribution in [2.75, 3.05) is 13.7 Å². The fraction of sp³-hybridized carbons (Fsp3) is 0.167. The first kappa shape index (κ1) is 20.7. The molecule has 4 aromatic rings. The average molecular weight is 434 g/mol. The number of rotatable bonds is 8. The molecule has 158 valence electrons. The molecule has 2 aromatic carbocycles. The SMILES string of the molecule is CCOc1ccc(CNC(=O)c2cn(-c3ccccc3)nc2-c2cccs2)cc1OC. The summed E-state index contributed by atoms with van der Waals surface area (Å²) in [5.74, 6) is 1.15. The summed E-state index contributed by atoms with van der Waals surface area (Å²) in [6, 6.07) is 19.3. The van der Waals surface area contributed by atoms with Gasteiger partial charge in [0.15, 0.2) is 11.5 Å². The van der Waals surface area contributed by atoms with Crippen molar-refractivity contribution in [3.63, 3.8) is 0 Å². The molecule has 4 rings (SSSR count). The van der Waals surface area contributed by atoms with E-state index in [0.29, 0.717) is 35.9 Å². The zero-order valence-electron chi connectivity index (χ0n) is 17.4. The first-order valence-electron chi connectivity index (χ1n) is 9.96. The summed E-state index contributed by atoms with van der Waals surface area (Å²) in [6.07, 6.45) is 1.78. The van der Waals surface area contributed by atoms with Crippen LogP contribution in [0.25, 0.3) is 16.3 Å². The lowest BCUT2D eigenvalue weighted by atomic mass is 10.1. The molecule has 31 heavy (non-hydrogen) atoms. The highest BCUT2D eigenvalue weighted by Crippen LogP contribution is 2.29. The Labute approximate surface area is 185 Å². The van der Waals surface area contributed by atoms with Crippen molar-refractivity contribution in [2.45, 2.75) is 13.5 Å². The highest BCUT2D eigenvalue weighted by Gasteiger charge is 2.19. The Kier molecular flexibility index (Phi) is 6.33. The predicted molar refractivity (Wildman–Crippen MR) is 122 cm³/mol. The molecule has 2 aromatic heterocycles. The van der Waals surface area contributed by atoms with Crippen molar-refractivity contribution in [3.8, 4) is 27.8 Å². The normalized spacial score (nSPS) is 10.6. The highest BCUT2D eigenvalue weighted by atomic mass is 32.1. The second kappa shape index (κ2) is 9.49. The summed E-state index contributed by atoms with van der Waals surface area (Å²) in [5, 5.41) is 9.67. The van der Waals surface area contributed by atoms with Crippen LogP contribution in [0.4, 0.5) is 0 Å². The van der Waals surface area contributed by atoms with E-state index in [2.05, 4.69) is 10.4 Å². The van der Waals surface area contributed by atoms with Gasteiger partial charge in [0.05, 0.1) is 29.8 Å². The van der Waals surface area contributed by atoms with Crippen LogP contribution in [-0.4, -0.2) is 29.4 Å². The maximum atomic E-state index is 13.1. The number of ether oxygens (including phenoxy) is 2. The quantitative estimate of drug-likeness (QED) is 0.428. The minimum atomic E-state index is -0.182. The molecule has 0 spiro atoms. The number of carbonyl (C=O) groups is 1. The van der Waals surface area contributed by atoms with Gasteiger partial charge in [-0.2, -0.15) is 5.10 Å². The van der Waals surface area contributed by atoms with Gasteiger partial charge in [0.2, 0.25) is 0 Å². The minimum Gasteiger partial charge on any atom is -0.493 e. The number of aromatic nitrogens is 2. The third-order valence-corrected chi connectivity index (χ3v) is 5.59. The number of amides is 1. The van der Waals surface area contributed by atoms with Gasteiger partial charge in [-0.15, -0.1) is 11.3 Å². The number of hydrogen-bond donors (Lipinski definition) is 1. The lowest BCUT2D eigenvalue weighted by molar-refractivity contribution is 0.0951. The van der Waals surface area contributed by atoms with E-state index >= 15 is 0 Å². The van der Waals surface area contributed by atoms with Crippen LogP contribution in [0.2, 0.25) is 0 Å². The van der Waals surface area contributed by atoms with Gasteiger partial charge in [0.1, 0.15) is 5.69 Å². The average Bonchev–Trinajstić information content (AvgIpc) is 3.49. The topological polar surface area (TPSA) is 65.4 Å². The Balaban J connectivity index is 1.57. The third kappa shape index (κ3) is 4.62. The van der Waals surface area contributed by atoms with Crippen LogP contribution in [-0.2, 0) is 6.54 Å². The Morgan fingerprint density at radius 1 is 1.10 bits per heavy atom. The summed E-state index contributed by atoms with van der Waals surface area (Å²) >= 11 is 1.56. The zero-order valence-corrected chi connectivity index (χ0v) is 18.2. The number of nitrogens with one attached hydrogen (secondary N) is 1. The van der Waals surface area contributed by atoms with E-state index in [9.17, 15) is 4.79 Å². The maximum absolute atomic E-state index is 13.1. The number of carbonyl (C=O) groups excluding carboxylic acids is 1. The van der Waals surface area contributed by atoms with Gasteiger partial charge in [-0.3, -0.25) is 4.79 Å². The van der Waals surface area contributed by atoms with Gasteiger partial charge in [-0.1, -0.05) is 30.3 Å². The minimum absolute atomic E-state index is 0.182. The molecule has 0 aliphatic heterocycles. The molecular formula is C24H23N3O3S. The van der Waals surface area contributed by atoms with E-state index in [1.165, 1.54) is 0 Å². The Morgan fingerprint density at radius 3 is 2.65 bits per heavy atom. The molecule has 0 saturated carbocycles. The number of benzene rings is 2. The first-order valence-corrected chi connectivity index (χ1v) is 10.8. The molecule has 0 unspecified atom stereocenters. The molecule has 0 aliphatic carbocycles. The lowest BCUT2D eigenvalue weighted by Gasteiger charge is -2.11. The fourth-order valence-electron chi connectivity index (χ4n) is 3.22. The van der Waals surface area contributed by atoms with E-state index in [1.54, 1.807) is 29.3 Å². The van der Waals surface area contributed by atoms with E-state index in [4.69, 9.17) is 9.47 Å². The standard InChI is InChI=1S/C24H23N3O3S/c1-3-30-20-12-11-17(14-21(20)29-2)15-25-24(28)19-16-27(18-8-5-4-6-9-18)26-23(19)22-10-7-13-31-22/h4-14,16H,3,15H2,1-2H3,(H,25,28). The lowest BCUT2D eigenvalue weighted by Crippen LogP contribution is -2.23. The summed E-state index contributed by atoms with van der Waals surface area (Å²) in [4.78, 5) is 14.0. The third-order valence-electron chi connectivity index (χ3n) is 4.72. The largest absolute Gasteiger partial charge is 0.493 e. The van der Waals surface area contributed by atoms with Gasteiger partial charge >= 0.3 is 0 Å². The highest BCUT2D eigenvalue weighted by molar-refractivity contribution is 7.13. The van der Waals surface area contributed by atoms with E-state index in [1.807, 2.05) is 73.0 Å². The molecule has 2 heterocycles. The molecule has 0 saturated heterocycles. The summed E-state index contributed by atoms with van der Waals surface area (Å²) in [6.45, 7) is 2.85. The van der Waals surface area contributed by atoms with Crippen LogP contribution >= 0.6 is 11.3 Å².